The Morgan fingerprint density at radius 2 is 1.70 bits per heavy atom. The highest BCUT2D eigenvalue weighted by Gasteiger charge is 2.16. The van der Waals surface area contributed by atoms with Crippen LogP contribution in [0.25, 0.3) is 0 Å². The van der Waals surface area contributed by atoms with E-state index in [0.29, 0.717) is 15.1 Å². The fourth-order valence-electron chi connectivity index (χ4n) is 2.11. The van der Waals surface area contributed by atoms with Gasteiger partial charge in [0.05, 0.1) is 5.56 Å². The lowest BCUT2D eigenvalue weighted by Gasteiger charge is -2.19. The molecule has 0 aliphatic heterocycles. The van der Waals surface area contributed by atoms with Crippen molar-refractivity contribution in [3.05, 3.63) is 62.6 Å². The minimum absolute atomic E-state index is 0.0708. The third kappa shape index (κ3) is 3.22. The van der Waals surface area contributed by atoms with Gasteiger partial charge < -0.3 is 4.90 Å². The zero-order valence-electron chi connectivity index (χ0n) is 11.6. The fraction of sp³-hybridized carbons (Fsp3) is 0.188. The van der Waals surface area contributed by atoms with E-state index in [4.69, 9.17) is 11.6 Å². The number of benzene rings is 2. The molecule has 0 unspecified atom stereocenters. The smallest absolute Gasteiger partial charge is 0.259 e. The van der Waals surface area contributed by atoms with E-state index in [9.17, 15) is 4.79 Å². The van der Waals surface area contributed by atoms with Crippen LogP contribution in [-0.4, -0.2) is 13.0 Å². The van der Waals surface area contributed by atoms with E-state index < -0.39 is 0 Å². The van der Waals surface area contributed by atoms with E-state index in [2.05, 4.69) is 22.0 Å². The summed E-state index contributed by atoms with van der Waals surface area (Å²) in [5.41, 5.74) is 3.75. The van der Waals surface area contributed by atoms with Gasteiger partial charge in [0.15, 0.2) is 0 Å². The molecular weight excluding hydrogens is 338 g/mol. The Labute approximate surface area is 132 Å². The molecule has 0 atom stereocenters. The summed E-state index contributed by atoms with van der Waals surface area (Å²) in [4.78, 5) is 14.2. The second-order valence-corrected chi connectivity index (χ2v) is 6.13. The highest BCUT2D eigenvalue weighted by atomic mass is 79.9. The maximum absolute atomic E-state index is 12.6. The normalized spacial score (nSPS) is 10.4. The van der Waals surface area contributed by atoms with Crippen LogP contribution in [-0.2, 0) is 0 Å². The molecule has 2 aromatic carbocycles. The lowest BCUT2D eigenvalue weighted by Crippen LogP contribution is -2.26. The number of anilines is 1. The lowest BCUT2D eigenvalue weighted by atomic mass is 10.1. The second-order valence-electron chi connectivity index (χ2n) is 4.83. The van der Waals surface area contributed by atoms with Crippen LogP contribution in [0.4, 0.5) is 5.69 Å². The van der Waals surface area contributed by atoms with E-state index in [0.717, 1.165) is 16.8 Å². The minimum atomic E-state index is -0.0708. The van der Waals surface area contributed by atoms with Crippen molar-refractivity contribution in [2.45, 2.75) is 13.8 Å². The summed E-state index contributed by atoms with van der Waals surface area (Å²) in [5.74, 6) is -0.0708. The molecule has 2 nitrogen and oxygen atoms in total. The quantitative estimate of drug-likeness (QED) is 0.745. The number of hydrogen-bond acceptors (Lipinski definition) is 1. The average Bonchev–Trinajstić information content (AvgIpc) is 2.36. The number of carbonyl (C=O) groups excluding carboxylic acids is 1. The maximum atomic E-state index is 12.6. The first-order valence-corrected chi connectivity index (χ1v) is 7.37. The van der Waals surface area contributed by atoms with Gasteiger partial charge in [-0.1, -0.05) is 17.7 Å². The lowest BCUT2D eigenvalue weighted by molar-refractivity contribution is 0.0992. The Morgan fingerprint density at radius 1 is 1.10 bits per heavy atom. The molecule has 0 heterocycles. The fourth-order valence-corrected chi connectivity index (χ4v) is 2.96. The first-order valence-electron chi connectivity index (χ1n) is 6.20. The Bertz CT molecular complexity index is 649. The van der Waals surface area contributed by atoms with Gasteiger partial charge >= 0.3 is 0 Å². The Balaban J connectivity index is 2.37. The van der Waals surface area contributed by atoms with Gasteiger partial charge in [-0.3, -0.25) is 4.79 Å². The van der Waals surface area contributed by atoms with Crippen LogP contribution in [0.1, 0.15) is 21.5 Å². The van der Waals surface area contributed by atoms with Gasteiger partial charge in [0.1, 0.15) is 0 Å². The van der Waals surface area contributed by atoms with E-state index in [1.807, 2.05) is 26.0 Å². The maximum Gasteiger partial charge on any atom is 0.259 e. The van der Waals surface area contributed by atoms with E-state index in [1.54, 1.807) is 30.1 Å². The molecule has 0 aliphatic carbocycles. The summed E-state index contributed by atoms with van der Waals surface area (Å²) in [6, 6.07) is 11.2. The predicted molar refractivity (Wildman–Crippen MR) is 87.8 cm³/mol. The number of halogens is 2. The van der Waals surface area contributed by atoms with Crippen LogP contribution >= 0.6 is 27.5 Å². The molecule has 0 aliphatic rings. The Kier molecular flexibility index (Phi) is 4.51. The summed E-state index contributed by atoms with van der Waals surface area (Å²) in [5, 5.41) is 0.600. The summed E-state index contributed by atoms with van der Waals surface area (Å²) in [6.07, 6.45) is 0. The van der Waals surface area contributed by atoms with Gasteiger partial charge in [0.25, 0.3) is 5.91 Å². The van der Waals surface area contributed by atoms with Crippen LogP contribution in [0.5, 0.6) is 0 Å². The first kappa shape index (κ1) is 15.1. The van der Waals surface area contributed by atoms with Crippen LogP contribution in [0.2, 0.25) is 5.02 Å². The zero-order chi connectivity index (χ0) is 14.9. The van der Waals surface area contributed by atoms with Gasteiger partial charge in [0, 0.05) is 22.2 Å². The summed E-state index contributed by atoms with van der Waals surface area (Å²) in [7, 11) is 1.78. The molecule has 0 fully saturated rings. The van der Waals surface area contributed by atoms with Crippen LogP contribution in [0.3, 0.4) is 0 Å². The molecule has 0 saturated heterocycles. The highest BCUT2D eigenvalue weighted by molar-refractivity contribution is 9.10. The molecule has 4 heteroatoms. The highest BCUT2D eigenvalue weighted by Crippen LogP contribution is 2.25. The van der Waals surface area contributed by atoms with Gasteiger partial charge in [-0.25, -0.2) is 0 Å². The number of amides is 1. The molecule has 20 heavy (non-hydrogen) atoms. The molecule has 1 amide bonds. The van der Waals surface area contributed by atoms with Crippen molar-refractivity contribution < 1.29 is 4.79 Å². The third-order valence-corrected chi connectivity index (χ3v) is 3.95. The van der Waals surface area contributed by atoms with E-state index >= 15 is 0 Å². The topological polar surface area (TPSA) is 20.3 Å². The molecule has 0 aromatic heterocycles. The van der Waals surface area contributed by atoms with Crippen LogP contribution < -0.4 is 4.90 Å². The summed E-state index contributed by atoms with van der Waals surface area (Å²) >= 11 is 9.29. The Morgan fingerprint density at radius 3 is 2.25 bits per heavy atom. The van der Waals surface area contributed by atoms with Crippen molar-refractivity contribution >= 4 is 39.1 Å². The average molecular weight is 353 g/mol. The van der Waals surface area contributed by atoms with E-state index in [1.165, 1.54) is 0 Å². The SMILES string of the molecule is Cc1cc(C)cc(N(C)C(=O)c2ccc(Cl)cc2Br)c1. The zero-order valence-corrected chi connectivity index (χ0v) is 13.9. The number of nitrogens with zero attached hydrogens (tertiary/aromatic N) is 1. The van der Waals surface area contributed by atoms with Crippen molar-refractivity contribution in [1.29, 1.82) is 0 Å². The van der Waals surface area contributed by atoms with Crippen molar-refractivity contribution in [2.24, 2.45) is 0 Å². The van der Waals surface area contributed by atoms with Crippen molar-refractivity contribution in [2.75, 3.05) is 11.9 Å². The van der Waals surface area contributed by atoms with Crippen molar-refractivity contribution in [3.8, 4) is 0 Å². The molecule has 2 aromatic rings. The Hall–Kier alpha value is -1.32. The summed E-state index contributed by atoms with van der Waals surface area (Å²) in [6.45, 7) is 4.04. The molecule has 0 spiro atoms. The van der Waals surface area contributed by atoms with Crippen molar-refractivity contribution in [1.82, 2.24) is 0 Å². The van der Waals surface area contributed by atoms with Gasteiger partial charge in [-0.05, 0) is 71.2 Å². The molecular formula is C16H15BrClNO. The predicted octanol–water partition coefficient (Wildman–Crippen LogP) is 5.00. The molecule has 0 bridgehead atoms. The molecule has 2 rings (SSSR count). The van der Waals surface area contributed by atoms with Gasteiger partial charge in [-0.15, -0.1) is 0 Å². The standard InChI is InChI=1S/C16H15BrClNO/c1-10-6-11(2)8-13(7-10)19(3)16(20)14-5-4-12(18)9-15(14)17/h4-9H,1-3H3. The third-order valence-electron chi connectivity index (χ3n) is 3.06. The van der Waals surface area contributed by atoms with Crippen molar-refractivity contribution in [3.63, 3.8) is 0 Å². The molecule has 104 valence electrons. The largest absolute Gasteiger partial charge is 0.311 e. The number of rotatable bonds is 2. The summed E-state index contributed by atoms with van der Waals surface area (Å²) < 4.78 is 0.700. The van der Waals surface area contributed by atoms with E-state index in [-0.39, 0.29) is 5.91 Å². The molecule has 0 N–H and O–H groups in total. The number of hydrogen-bond donors (Lipinski definition) is 0. The van der Waals surface area contributed by atoms with Gasteiger partial charge in [-0.2, -0.15) is 0 Å². The number of carbonyl (C=O) groups is 1. The van der Waals surface area contributed by atoms with Gasteiger partial charge in [0.2, 0.25) is 0 Å². The second kappa shape index (κ2) is 5.98. The minimum Gasteiger partial charge on any atom is -0.311 e. The number of aryl methyl sites for hydroxylation is 2. The monoisotopic (exact) mass is 351 g/mol. The molecule has 0 saturated carbocycles. The molecule has 0 radical (unpaired) electrons. The first-order chi connectivity index (χ1) is 9.38. The van der Waals surface area contributed by atoms with Crippen LogP contribution in [0.15, 0.2) is 40.9 Å². The van der Waals surface area contributed by atoms with Crippen LogP contribution in [0, 0.1) is 13.8 Å².